The molecule has 0 fully saturated rings. The molecule has 5 amide bonds. The molecule has 21 heavy (non-hydrogen) atoms. The van der Waals surface area contributed by atoms with Gasteiger partial charge in [-0.2, -0.15) is 0 Å². The van der Waals surface area contributed by atoms with E-state index in [-0.39, 0.29) is 26.2 Å². The maximum Gasteiger partial charge on any atom is 0.253 e. The Labute approximate surface area is 120 Å². The molecule has 2 rings (SSSR count). The summed E-state index contributed by atoms with van der Waals surface area (Å²) in [6, 6.07) is 0. The summed E-state index contributed by atoms with van der Waals surface area (Å²) in [7, 11) is 0. The zero-order chi connectivity index (χ0) is 15.4. The summed E-state index contributed by atoms with van der Waals surface area (Å²) in [5, 5.41) is 0. The van der Waals surface area contributed by atoms with Crippen LogP contribution in [0, 0.1) is 0 Å². The fourth-order valence-corrected chi connectivity index (χ4v) is 1.98. The monoisotopic (exact) mass is 291 g/mol. The van der Waals surface area contributed by atoms with Crippen LogP contribution in [0.2, 0.25) is 0 Å². The first-order chi connectivity index (χ1) is 10.0. The topological polar surface area (TPSA) is 95.1 Å². The molecule has 110 valence electrons. The number of carbonyl (C=O) groups is 5. The van der Waals surface area contributed by atoms with Crippen molar-refractivity contribution >= 4 is 30.0 Å². The van der Waals surface area contributed by atoms with E-state index in [0.717, 1.165) is 9.80 Å². The molecule has 8 nitrogen and oxygen atoms in total. The molecular weight excluding hydrogens is 278 g/mol. The molecule has 0 bridgehead atoms. The van der Waals surface area contributed by atoms with Crippen molar-refractivity contribution in [3.63, 3.8) is 0 Å². The lowest BCUT2D eigenvalue weighted by Crippen LogP contribution is -2.42. The van der Waals surface area contributed by atoms with Gasteiger partial charge in [0.2, 0.25) is 6.41 Å². The first-order valence-electron chi connectivity index (χ1n) is 6.29. The van der Waals surface area contributed by atoms with Crippen molar-refractivity contribution in [3.05, 3.63) is 24.3 Å². The minimum absolute atomic E-state index is 0.0730. The van der Waals surface area contributed by atoms with Gasteiger partial charge in [-0.3, -0.25) is 33.8 Å². The normalized spacial score (nSPS) is 17.3. The number of hydrogen-bond donors (Lipinski definition) is 0. The Kier molecular flexibility index (Phi) is 4.27. The second kappa shape index (κ2) is 6.12. The van der Waals surface area contributed by atoms with Crippen molar-refractivity contribution in [1.29, 1.82) is 0 Å². The summed E-state index contributed by atoms with van der Waals surface area (Å²) in [6.07, 6.45) is 5.22. The quantitative estimate of drug-likeness (QED) is 0.411. The van der Waals surface area contributed by atoms with Crippen LogP contribution >= 0.6 is 0 Å². The Hall–Kier alpha value is -2.77. The van der Waals surface area contributed by atoms with Gasteiger partial charge in [-0.1, -0.05) is 0 Å². The molecule has 0 aliphatic carbocycles. The zero-order valence-corrected chi connectivity index (χ0v) is 11.1. The standard InChI is InChI=1S/C13H13N3O5/c17-9-14(5-7-15-10(18)1-2-11(15)19)6-8-16-12(20)3-4-13(16)21/h1-4,9H,5-8H2. The summed E-state index contributed by atoms with van der Waals surface area (Å²) in [4.78, 5) is 59.7. The Morgan fingerprint density at radius 3 is 1.38 bits per heavy atom. The van der Waals surface area contributed by atoms with Crippen molar-refractivity contribution in [2.75, 3.05) is 26.2 Å². The zero-order valence-electron chi connectivity index (χ0n) is 11.1. The third-order valence-electron chi connectivity index (χ3n) is 3.17. The van der Waals surface area contributed by atoms with E-state index in [2.05, 4.69) is 0 Å². The number of imide groups is 2. The van der Waals surface area contributed by atoms with Gasteiger partial charge in [-0.05, 0) is 0 Å². The minimum Gasteiger partial charge on any atom is -0.342 e. The molecule has 2 heterocycles. The molecular formula is C13H13N3O5. The second-order valence-corrected chi connectivity index (χ2v) is 4.46. The van der Waals surface area contributed by atoms with Crippen LogP contribution in [0.3, 0.4) is 0 Å². The minimum atomic E-state index is -0.417. The molecule has 8 heteroatoms. The molecule has 2 aliphatic heterocycles. The first-order valence-corrected chi connectivity index (χ1v) is 6.29. The van der Waals surface area contributed by atoms with Gasteiger partial charge in [0.05, 0.1) is 0 Å². The lowest BCUT2D eigenvalue weighted by molar-refractivity contribution is -0.137. The van der Waals surface area contributed by atoms with E-state index in [1.807, 2.05) is 0 Å². The average Bonchev–Trinajstić information content (AvgIpc) is 2.95. The van der Waals surface area contributed by atoms with Gasteiger partial charge < -0.3 is 4.90 Å². The highest BCUT2D eigenvalue weighted by Gasteiger charge is 2.25. The van der Waals surface area contributed by atoms with Crippen molar-refractivity contribution in [2.24, 2.45) is 0 Å². The third kappa shape index (κ3) is 3.22. The van der Waals surface area contributed by atoms with Gasteiger partial charge in [-0.25, -0.2) is 0 Å². The Bertz CT molecular complexity index is 484. The number of amides is 5. The summed E-state index contributed by atoms with van der Waals surface area (Å²) in [5.41, 5.74) is 0. The van der Waals surface area contributed by atoms with E-state index in [1.54, 1.807) is 0 Å². The maximum atomic E-state index is 11.3. The molecule has 0 spiro atoms. The van der Waals surface area contributed by atoms with E-state index in [1.165, 1.54) is 29.2 Å². The van der Waals surface area contributed by atoms with E-state index < -0.39 is 23.6 Å². The van der Waals surface area contributed by atoms with Gasteiger partial charge in [0, 0.05) is 50.5 Å². The van der Waals surface area contributed by atoms with Gasteiger partial charge in [0.15, 0.2) is 0 Å². The van der Waals surface area contributed by atoms with Crippen molar-refractivity contribution < 1.29 is 24.0 Å². The predicted octanol–water partition coefficient (Wildman–Crippen LogP) is -1.71. The Balaban J connectivity index is 1.80. The highest BCUT2D eigenvalue weighted by Crippen LogP contribution is 2.05. The fraction of sp³-hybridized carbons (Fsp3) is 0.308. The van der Waals surface area contributed by atoms with Crippen LogP contribution in [-0.4, -0.2) is 70.9 Å². The average molecular weight is 291 g/mol. The van der Waals surface area contributed by atoms with Crippen LogP contribution in [0.5, 0.6) is 0 Å². The molecule has 0 aromatic carbocycles. The van der Waals surface area contributed by atoms with Crippen LogP contribution in [0.15, 0.2) is 24.3 Å². The van der Waals surface area contributed by atoms with Gasteiger partial charge in [0.1, 0.15) is 0 Å². The highest BCUT2D eigenvalue weighted by atomic mass is 16.2. The third-order valence-corrected chi connectivity index (χ3v) is 3.17. The van der Waals surface area contributed by atoms with E-state index in [4.69, 9.17) is 0 Å². The molecule has 2 aliphatic rings. The molecule has 0 atom stereocenters. The van der Waals surface area contributed by atoms with Crippen molar-refractivity contribution in [1.82, 2.24) is 14.7 Å². The number of carbonyl (C=O) groups excluding carboxylic acids is 5. The van der Waals surface area contributed by atoms with Crippen LogP contribution in [0.1, 0.15) is 0 Å². The van der Waals surface area contributed by atoms with Gasteiger partial charge in [-0.15, -0.1) is 0 Å². The van der Waals surface area contributed by atoms with Gasteiger partial charge in [0.25, 0.3) is 23.6 Å². The molecule has 0 aromatic heterocycles. The molecule has 0 aromatic rings. The van der Waals surface area contributed by atoms with E-state index in [0.29, 0.717) is 6.41 Å². The molecule has 0 radical (unpaired) electrons. The summed E-state index contributed by atoms with van der Waals surface area (Å²) in [6.45, 7) is 0.436. The van der Waals surface area contributed by atoms with Gasteiger partial charge >= 0.3 is 0 Å². The van der Waals surface area contributed by atoms with E-state index >= 15 is 0 Å². The van der Waals surface area contributed by atoms with E-state index in [9.17, 15) is 24.0 Å². The largest absolute Gasteiger partial charge is 0.342 e. The number of nitrogens with zero attached hydrogens (tertiary/aromatic N) is 3. The van der Waals surface area contributed by atoms with Crippen LogP contribution in [0.4, 0.5) is 0 Å². The molecule has 0 unspecified atom stereocenters. The van der Waals surface area contributed by atoms with Crippen LogP contribution in [0.25, 0.3) is 0 Å². The lowest BCUT2D eigenvalue weighted by atomic mass is 10.4. The Morgan fingerprint density at radius 2 is 1.10 bits per heavy atom. The van der Waals surface area contributed by atoms with Crippen LogP contribution in [-0.2, 0) is 24.0 Å². The number of rotatable bonds is 7. The summed E-state index contributed by atoms with van der Waals surface area (Å²) < 4.78 is 0. The predicted molar refractivity (Wildman–Crippen MR) is 69.4 cm³/mol. The summed E-state index contributed by atoms with van der Waals surface area (Å²) in [5.74, 6) is -1.67. The summed E-state index contributed by atoms with van der Waals surface area (Å²) >= 11 is 0. The SMILES string of the molecule is O=CN(CCN1C(=O)C=CC1=O)CCN1C(=O)C=CC1=O. The van der Waals surface area contributed by atoms with Crippen molar-refractivity contribution in [2.45, 2.75) is 0 Å². The number of hydrogen-bond acceptors (Lipinski definition) is 5. The molecule has 0 saturated heterocycles. The highest BCUT2D eigenvalue weighted by molar-refractivity contribution is 6.13. The van der Waals surface area contributed by atoms with Crippen molar-refractivity contribution in [3.8, 4) is 0 Å². The Morgan fingerprint density at radius 1 is 0.762 bits per heavy atom. The fourth-order valence-electron chi connectivity index (χ4n) is 1.98. The first kappa shape index (κ1) is 14.6. The second-order valence-electron chi connectivity index (χ2n) is 4.46. The van der Waals surface area contributed by atoms with Crippen LogP contribution < -0.4 is 0 Å². The maximum absolute atomic E-state index is 11.3. The molecule has 0 saturated carbocycles. The lowest BCUT2D eigenvalue weighted by Gasteiger charge is -2.23. The molecule has 0 N–H and O–H groups in total. The smallest absolute Gasteiger partial charge is 0.253 e.